The lowest BCUT2D eigenvalue weighted by Gasteiger charge is -2.25. The van der Waals surface area contributed by atoms with Crippen LogP contribution >= 0.6 is 23.2 Å². The number of hydrogen-bond donors (Lipinski definition) is 2. The second-order valence-corrected chi connectivity index (χ2v) is 10.0. The predicted molar refractivity (Wildman–Crippen MR) is 141 cm³/mol. The SMILES string of the molecule is CCOc1cc([C@@H]2[C@H](C)N[C@]3(C(=O)Nc4ccccc43)[C@@H]2[N+](=O)[O-])cc(Cl)c1OCc1ccc(Cl)cc1. The van der Waals surface area contributed by atoms with Crippen LogP contribution in [-0.2, 0) is 16.9 Å². The van der Waals surface area contributed by atoms with Gasteiger partial charge in [0.2, 0.25) is 0 Å². The number of nitro groups is 1. The van der Waals surface area contributed by atoms with E-state index in [1.165, 1.54) is 0 Å². The molecule has 5 rings (SSSR count). The molecule has 0 aliphatic carbocycles. The highest BCUT2D eigenvalue weighted by molar-refractivity contribution is 6.32. The van der Waals surface area contributed by atoms with Gasteiger partial charge in [0.15, 0.2) is 17.0 Å². The van der Waals surface area contributed by atoms with E-state index in [1.54, 1.807) is 48.5 Å². The van der Waals surface area contributed by atoms with Gasteiger partial charge in [-0.2, -0.15) is 0 Å². The van der Waals surface area contributed by atoms with Gasteiger partial charge < -0.3 is 14.8 Å². The van der Waals surface area contributed by atoms with Crippen molar-refractivity contribution in [3.63, 3.8) is 0 Å². The third-order valence-electron chi connectivity index (χ3n) is 6.98. The van der Waals surface area contributed by atoms with E-state index in [0.29, 0.717) is 39.9 Å². The van der Waals surface area contributed by atoms with Crippen LogP contribution in [0.2, 0.25) is 10.0 Å². The normalized spacial score (nSPS) is 24.1. The second-order valence-electron chi connectivity index (χ2n) is 9.17. The van der Waals surface area contributed by atoms with Crippen LogP contribution in [0.5, 0.6) is 11.5 Å². The summed E-state index contributed by atoms with van der Waals surface area (Å²) in [5.74, 6) is -0.389. The van der Waals surface area contributed by atoms with Gasteiger partial charge >= 0.3 is 0 Å². The Labute approximate surface area is 224 Å². The number of anilines is 1. The van der Waals surface area contributed by atoms with E-state index in [-0.39, 0.29) is 16.6 Å². The molecule has 3 aromatic rings. The maximum absolute atomic E-state index is 13.3. The fourth-order valence-electron chi connectivity index (χ4n) is 5.47. The van der Waals surface area contributed by atoms with Crippen molar-refractivity contribution in [3.05, 3.63) is 97.5 Å². The number of amides is 1. The summed E-state index contributed by atoms with van der Waals surface area (Å²) in [7, 11) is 0. The molecule has 2 aliphatic rings. The van der Waals surface area contributed by atoms with Gasteiger partial charge in [0.25, 0.3) is 11.9 Å². The minimum Gasteiger partial charge on any atom is -0.490 e. The number of halogens is 2. The Bertz CT molecular complexity index is 1370. The summed E-state index contributed by atoms with van der Waals surface area (Å²) >= 11 is 12.6. The van der Waals surface area contributed by atoms with Crippen LogP contribution in [-0.4, -0.2) is 29.5 Å². The van der Waals surface area contributed by atoms with Gasteiger partial charge in [-0.25, -0.2) is 0 Å². The van der Waals surface area contributed by atoms with Crippen LogP contribution in [0.25, 0.3) is 0 Å². The van der Waals surface area contributed by atoms with Crippen molar-refractivity contribution in [1.82, 2.24) is 5.32 Å². The Morgan fingerprint density at radius 1 is 1.08 bits per heavy atom. The zero-order valence-corrected chi connectivity index (χ0v) is 21.7. The maximum Gasteiger partial charge on any atom is 0.256 e. The first-order chi connectivity index (χ1) is 17.8. The monoisotopic (exact) mass is 541 g/mol. The van der Waals surface area contributed by atoms with E-state index in [2.05, 4.69) is 10.6 Å². The molecule has 3 aromatic carbocycles. The number of carbonyl (C=O) groups excluding carboxylic acids is 1. The molecule has 2 aliphatic heterocycles. The van der Waals surface area contributed by atoms with Crippen LogP contribution in [0.3, 0.4) is 0 Å². The summed E-state index contributed by atoms with van der Waals surface area (Å²) in [6, 6.07) is 16.0. The lowest BCUT2D eigenvalue weighted by molar-refractivity contribution is -0.532. The zero-order chi connectivity index (χ0) is 26.3. The number of hydrogen-bond acceptors (Lipinski definition) is 6. The highest BCUT2D eigenvalue weighted by atomic mass is 35.5. The fraction of sp³-hybridized carbons (Fsp3) is 0.296. The van der Waals surface area contributed by atoms with Crippen molar-refractivity contribution >= 4 is 34.8 Å². The van der Waals surface area contributed by atoms with Gasteiger partial charge in [-0.3, -0.25) is 20.2 Å². The van der Waals surface area contributed by atoms with Crippen molar-refractivity contribution in [2.24, 2.45) is 0 Å². The van der Waals surface area contributed by atoms with Crippen molar-refractivity contribution in [2.75, 3.05) is 11.9 Å². The molecule has 1 spiro atoms. The standard InChI is InChI=1S/C27H25Cl2N3O5/c1-3-36-22-13-17(12-20(29)24(22)37-14-16-8-10-18(28)11-9-16)23-15(2)31-27(25(23)32(34)35)19-6-4-5-7-21(19)30-26(27)33/h4-13,15,23,25,31H,3,14H2,1-2H3,(H,30,33)/t15-,23-,25+,27-/m0/s1. The molecule has 4 atom stereocenters. The average molecular weight is 542 g/mol. The van der Waals surface area contributed by atoms with Crippen LogP contribution < -0.4 is 20.1 Å². The molecule has 2 N–H and O–H groups in total. The van der Waals surface area contributed by atoms with Gasteiger partial charge in [-0.15, -0.1) is 0 Å². The Kier molecular flexibility index (Phi) is 6.74. The molecular formula is C27H25Cl2N3O5. The molecule has 1 amide bonds. The van der Waals surface area contributed by atoms with E-state index >= 15 is 0 Å². The molecular weight excluding hydrogens is 517 g/mol. The lowest BCUT2D eigenvalue weighted by Crippen LogP contribution is -2.54. The second kappa shape index (κ2) is 9.85. The van der Waals surface area contributed by atoms with Crippen molar-refractivity contribution in [3.8, 4) is 11.5 Å². The quantitative estimate of drug-likeness (QED) is 0.300. The minimum atomic E-state index is -1.51. The smallest absolute Gasteiger partial charge is 0.256 e. The molecule has 1 fully saturated rings. The molecule has 2 heterocycles. The highest BCUT2D eigenvalue weighted by Crippen LogP contribution is 2.51. The maximum atomic E-state index is 13.3. The van der Waals surface area contributed by atoms with Crippen LogP contribution in [0, 0.1) is 10.1 Å². The van der Waals surface area contributed by atoms with Crippen LogP contribution in [0.15, 0.2) is 60.7 Å². The van der Waals surface area contributed by atoms with Gasteiger partial charge in [0.1, 0.15) is 6.61 Å². The first-order valence-electron chi connectivity index (χ1n) is 11.9. The van der Waals surface area contributed by atoms with Crippen molar-refractivity contribution in [2.45, 2.75) is 44.0 Å². The lowest BCUT2D eigenvalue weighted by atomic mass is 9.78. The topological polar surface area (TPSA) is 103 Å². The zero-order valence-electron chi connectivity index (χ0n) is 20.2. The third kappa shape index (κ3) is 4.29. The molecule has 0 aromatic heterocycles. The van der Waals surface area contributed by atoms with Crippen LogP contribution in [0.1, 0.15) is 36.5 Å². The molecule has 0 radical (unpaired) electrons. The number of benzene rings is 3. The summed E-state index contributed by atoms with van der Waals surface area (Å²) in [6.07, 6.45) is 0. The van der Waals surface area contributed by atoms with Crippen LogP contribution in [0.4, 0.5) is 5.69 Å². The third-order valence-corrected chi connectivity index (χ3v) is 7.51. The summed E-state index contributed by atoms with van der Waals surface area (Å²) in [6.45, 7) is 4.24. The van der Waals surface area contributed by atoms with Gasteiger partial charge in [-0.1, -0.05) is 53.5 Å². The Morgan fingerprint density at radius 3 is 2.51 bits per heavy atom. The Hall–Kier alpha value is -3.33. The van der Waals surface area contributed by atoms with E-state index in [9.17, 15) is 14.9 Å². The molecule has 37 heavy (non-hydrogen) atoms. The average Bonchev–Trinajstić information content (AvgIpc) is 3.33. The number of fused-ring (bicyclic) bond motifs is 2. The van der Waals surface area contributed by atoms with Gasteiger partial charge in [0, 0.05) is 27.2 Å². The van der Waals surface area contributed by atoms with E-state index in [1.807, 2.05) is 26.0 Å². The molecule has 10 heteroatoms. The summed E-state index contributed by atoms with van der Waals surface area (Å²) in [5.41, 5.74) is 1.10. The molecule has 192 valence electrons. The number of para-hydroxylation sites is 1. The predicted octanol–water partition coefficient (Wildman–Crippen LogP) is 5.54. The summed E-state index contributed by atoms with van der Waals surface area (Å²) in [4.78, 5) is 25.5. The summed E-state index contributed by atoms with van der Waals surface area (Å²) in [5, 5.41) is 19.6. The molecule has 1 saturated heterocycles. The number of carbonyl (C=O) groups is 1. The highest BCUT2D eigenvalue weighted by Gasteiger charge is 2.67. The number of nitrogens with zero attached hydrogens (tertiary/aromatic N) is 1. The van der Waals surface area contributed by atoms with E-state index in [0.717, 1.165) is 5.56 Å². The largest absolute Gasteiger partial charge is 0.490 e. The minimum absolute atomic E-state index is 0.231. The fourth-order valence-corrected chi connectivity index (χ4v) is 5.87. The number of rotatable bonds is 7. The first kappa shape index (κ1) is 25.3. The number of ether oxygens (including phenoxy) is 2. The van der Waals surface area contributed by atoms with Gasteiger partial charge in [-0.05, 0) is 55.3 Å². The first-order valence-corrected chi connectivity index (χ1v) is 12.7. The summed E-state index contributed by atoms with van der Waals surface area (Å²) < 4.78 is 11.9. The molecule has 0 bridgehead atoms. The molecule has 8 nitrogen and oxygen atoms in total. The number of nitrogens with one attached hydrogen (secondary N) is 2. The van der Waals surface area contributed by atoms with Crippen molar-refractivity contribution < 1.29 is 19.2 Å². The molecule has 0 unspecified atom stereocenters. The van der Waals surface area contributed by atoms with E-state index in [4.69, 9.17) is 32.7 Å². The molecule has 0 saturated carbocycles. The Morgan fingerprint density at radius 2 is 1.81 bits per heavy atom. The van der Waals surface area contributed by atoms with E-state index < -0.39 is 29.4 Å². The van der Waals surface area contributed by atoms with Gasteiger partial charge in [0.05, 0.1) is 17.5 Å². The van der Waals surface area contributed by atoms with Crippen molar-refractivity contribution in [1.29, 1.82) is 0 Å². The Balaban J connectivity index is 1.54.